The number of carbonyl (C=O) groups excluding carboxylic acids is 2. The molecule has 150 valence electrons. The van der Waals surface area contributed by atoms with Crippen LogP contribution in [0.4, 0.5) is 0 Å². The Bertz CT molecular complexity index is 920. The van der Waals surface area contributed by atoms with Crippen LogP contribution in [0.15, 0.2) is 53.4 Å². The smallest absolute Gasteiger partial charge is 0.337 e. The van der Waals surface area contributed by atoms with Gasteiger partial charge in [0.15, 0.2) is 0 Å². The van der Waals surface area contributed by atoms with E-state index < -0.39 is 28.0 Å². The Morgan fingerprint density at radius 3 is 1.82 bits per heavy atom. The summed E-state index contributed by atoms with van der Waals surface area (Å²) in [4.78, 5) is 23.6. The van der Waals surface area contributed by atoms with Crippen LogP contribution in [0, 0.1) is 5.92 Å². The Kier molecular flexibility index (Phi) is 6.93. The number of sulfonamides is 1. The lowest BCUT2D eigenvalue weighted by Crippen LogP contribution is -2.32. The SMILES string of the molecule is COC(=O)c1cc(C(=O)OC)cc(S(=O)(=O)N[C@@H](c2ccccc2)C(C)C)c1. The summed E-state index contributed by atoms with van der Waals surface area (Å²) in [5, 5.41) is 0. The molecule has 0 aromatic heterocycles. The molecule has 0 radical (unpaired) electrons. The zero-order valence-electron chi connectivity index (χ0n) is 16.1. The highest BCUT2D eigenvalue weighted by atomic mass is 32.2. The van der Waals surface area contributed by atoms with E-state index in [1.54, 1.807) is 0 Å². The third kappa shape index (κ3) is 4.96. The minimum atomic E-state index is -4.05. The Balaban J connectivity index is 2.51. The van der Waals surface area contributed by atoms with Gasteiger partial charge < -0.3 is 9.47 Å². The highest BCUT2D eigenvalue weighted by molar-refractivity contribution is 7.89. The van der Waals surface area contributed by atoms with Crippen LogP contribution in [-0.4, -0.2) is 34.6 Å². The van der Waals surface area contributed by atoms with Crippen molar-refractivity contribution in [1.82, 2.24) is 4.72 Å². The van der Waals surface area contributed by atoms with Gasteiger partial charge in [0.2, 0.25) is 10.0 Å². The van der Waals surface area contributed by atoms with Crippen LogP contribution in [0.5, 0.6) is 0 Å². The van der Waals surface area contributed by atoms with E-state index >= 15 is 0 Å². The van der Waals surface area contributed by atoms with Crippen LogP contribution in [0.25, 0.3) is 0 Å². The summed E-state index contributed by atoms with van der Waals surface area (Å²) in [5.41, 5.74) is 0.677. The maximum atomic E-state index is 13.0. The molecule has 8 heteroatoms. The van der Waals surface area contributed by atoms with E-state index in [2.05, 4.69) is 14.2 Å². The molecule has 0 saturated heterocycles. The molecule has 0 aliphatic heterocycles. The number of carbonyl (C=O) groups is 2. The third-order valence-electron chi connectivity index (χ3n) is 4.17. The lowest BCUT2D eigenvalue weighted by atomic mass is 9.97. The predicted octanol–water partition coefficient (Wildman–Crippen LogP) is 2.94. The second-order valence-electron chi connectivity index (χ2n) is 6.48. The van der Waals surface area contributed by atoms with E-state index in [-0.39, 0.29) is 21.9 Å². The Morgan fingerprint density at radius 2 is 1.39 bits per heavy atom. The largest absolute Gasteiger partial charge is 0.465 e. The molecule has 2 rings (SSSR count). The minimum absolute atomic E-state index is 0.0407. The first kappa shape index (κ1) is 21.6. The van der Waals surface area contributed by atoms with Crippen molar-refractivity contribution in [2.75, 3.05) is 14.2 Å². The van der Waals surface area contributed by atoms with Gasteiger partial charge in [-0.05, 0) is 29.7 Å². The topological polar surface area (TPSA) is 98.8 Å². The first-order chi connectivity index (χ1) is 13.2. The number of methoxy groups -OCH3 is 2. The molecule has 0 bridgehead atoms. The van der Waals surface area contributed by atoms with Crippen molar-refractivity contribution < 1.29 is 27.5 Å². The summed E-state index contributed by atoms with van der Waals surface area (Å²) in [7, 11) is -1.71. The summed E-state index contributed by atoms with van der Waals surface area (Å²) in [6.07, 6.45) is 0. The average molecular weight is 405 g/mol. The molecular formula is C20H23NO6S. The number of hydrogen-bond donors (Lipinski definition) is 1. The van der Waals surface area contributed by atoms with Gasteiger partial charge in [-0.25, -0.2) is 22.7 Å². The van der Waals surface area contributed by atoms with E-state index in [4.69, 9.17) is 0 Å². The lowest BCUT2D eigenvalue weighted by molar-refractivity contribution is 0.0598. The van der Waals surface area contributed by atoms with Crippen molar-refractivity contribution >= 4 is 22.0 Å². The molecule has 0 spiro atoms. The number of ether oxygens (including phenoxy) is 2. The van der Waals surface area contributed by atoms with Crippen LogP contribution < -0.4 is 4.72 Å². The number of esters is 2. The normalized spacial score (nSPS) is 12.5. The van der Waals surface area contributed by atoms with Gasteiger partial charge in [0.25, 0.3) is 0 Å². The molecule has 0 saturated carbocycles. The molecule has 2 aromatic rings. The number of rotatable bonds is 7. The van der Waals surface area contributed by atoms with Crippen LogP contribution >= 0.6 is 0 Å². The standard InChI is InChI=1S/C20H23NO6S/c1-13(2)18(14-8-6-5-7-9-14)21-28(24,25)17-11-15(19(22)26-3)10-16(12-17)20(23)27-4/h5-13,18,21H,1-4H3/t18-/m1/s1. The first-order valence-corrected chi connectivity index (χ1v) is 10.1. The van der Waals surface area contributed by atoms with Gasteiger partial charge in [0, 0.05) is 6.04 Å². The number of hydrogen-bond acceptors (Lipinski definition) is 6. The van der Waals surface area contributed by atoms with Crippen LogP contribution in [0.1, 0.15) is 46.2 Å². The average Bonchev–Trinajstić information content (AvgIpc) is 2.70. The summed E-state index contributed by atoms with van der Waals surface area (Å²) < 4.78 is 38.0. The van der Waals surface area contributed by atoms with Crippen molar-refractivity contribution in [3.05, 3.63) is 65.2 Å². The molecule has 0 aliphatic rings. The van der Waals surface area contributed by atoms with Gasteiger partial charge in [0.1, 0.15) is 0 Å². The van der Waals surface area contributed by atoms with E-state index in [0.717, 1.165) is 5.56 Å². The van der Waals surface area contributed by atoms with Crippen molar-refractivity contribution in [1.29, 1.82) is 0 Å². The maximum Gasteiger partial charge on any atom is 0.337 e. The third-order valence-corrected chi connectivity index (χ3v) is 5.59. The lowest BCUT2D eigenvalue weighted by Gasteiger charge is -2.23. The fraction of sp³-hybridized carbons (Fsp3) is 0.300. The molecule has 2 aromatic carbocycles. The monoisotopic (exact) mass is 405 g/mol. The quantitative estimate of drug-likeness (QED) is 0.711. The Hall–Kier alpha value is -2.71. The van der Waals surface area contributed by atoms with Gasteiger partial charge in [-0.3, -0.25) is 0 Å². The van der Waals surface area contributed by atoms with Crippen molar-refractivity contribution in [2.24, 2.45) is 5.92 Å². The summed E-state index contributed by atoms with van der Waals surface area (Å²) in [6.45, 7) is 3.79. The number of benzene rings is 2. The fourth-order valence-electron chi connectivity index (χ4n) is 2.71. The van der Waals surface area contributed by atoms with E-state index in [0.29, 0.717) is 0 Å². The summed E-state index contributed by atoms with van der Waals surface area (Å²) in [6, 6.07) is 12.2. The highest BCUT2D eigenvalue weighted by Gasteiger charge is 2.26. The second-order valence-corrected chi connectivity index (χ2v) is 8.20. The van der Waals surface area contributed by atoms with Crippen LogP contribution in [0.3, 0.4) is 0 Å². The molecule has 0 unspecified atom stereocenters. The molecule has 28 heavy (non-hydrogen) atoms. The van der Waals surface area contributed by atoms with E-state index in [1.807, 2.05) is 44.2 Å². The van der Waals surface area contributed by atoms with Crippen LogP contribution in [-0.2, 0) is 19.5 Å². The van der Waals surface area contributed by atoms with Crippen molar-refractivity contribution in [3.8, 4) is 0 Å². The second kappa shape index (κ2) is 8.99. The summed E-state index contributed by atoms with van der Waals surface area (Å²) in [5.74, 6) is -1.56. The van der Waals surface area contributed by atoms with Crippen LogP contribution in [0.2, 0.25) is 0 Å². The van der Waals surface area contributed by atoms with E-state index in [1.165, 1.54) is 32.4 Å². The van der Waals surface area contributed by atoms with Gasteiger partial charge >= 0.3 is 11.9 Å². The molecule has 0 heterocycles. The van der Waals surface area contributed by atoms with Gasteiger partial charge in [-0.15, -0.1) is 0 Å². The maximum absolute atomic E-state index is 13.0. The fourth-order valence-corrected chi connectivity index (χ4v) is 4.15. The van der Waals surface area contributed by atoms with Crippen molar-refractivity contribution in [2.45, 2.75) is 24.8 Å². The molecular weight excluding hydrogens is 382 g/mol. The Morgan fingerprint density at radius 1 is 0.893 bits per heavy atom. The molecule has 1 N–H and O–H groups in total. The number of nitrogens with one attached hydrogen (secondary N) is 1. The molecule has 7 nitrogen and oxygen atoms in total. The highest BCUT2D eigenvalue weighted by Crippen LogP contribution is 2.25. The molecule has 0 aliphatic carbocycles. The molecule has 0 fully saturated rings. The molecule has 1 atom stereocenters. The van der Waals surface area contributed by atoms with Gasteiger partial charge in [-0.2, -0.15) is 0 Å². The van der Waals surface area contributed by atoms with E-state index in [9.17, 15) is 18.0 Å². The summed E-state index contributed by atoms with van der Waals surface area (Å²) >= 11 is 0. The Labute approximate surface area is 164 Å². The van der Waals surface area contributed by atoms with Crippen molar-refractivity contribution in [3.63, 3.8) is 0 Å². The predicted molar refractivity (Wildman–Crippen MR) is 103 cm³/mol. The molecule has 0 amide bonds. The zero-order valence-corrected chi connectivity index (χ0v) is 16.9. The van der Waals surface area contributed by atoms with Gasteiger partial charge in [-0.1, -0.05) is 44.2 Å². The zero-order chi connectivity index (χ0) is 20.9. The first-order valence-electron chi connectivity index (χ1n) is 8.58. The minimum Gasteiger partial charge on any atom is -0.465 e. The van der Waals surface area contributed by atoms with Gasteiger partial charge in [0.05, 0.1) is 30.2 Å².